The first-order valence-electron chi connectivity index (χ1n) is 7.47. The van der Waals surface area contributed by atoms with E-state index in [0.717, 1.165) is 0 Å². The van der Waals surface area contributed by atoms with Crippen molar-refractivity contribution in [1.82, 2.24) is 10.2 Å². The second-order valence-electron chi connectivity index (χ2n) is 5.93. The van der Waals surface area contributed by atoms with E-state index >= 15 is 0 Å². The summed E-state index contributed by atoms with van der Waals surface area (Å²) in [5, 5.41) is 5.30. The van der Waals surface area contributed by atoms with Crippen molar-refractivity contribution >= 4 is 35.0 Å². The molecule has 0 saturated heterocycles. The molecule has 24 heavy (non-hydrogen) atoms. The molecule has 1 aromatic carbocycles. The molecule has 0 fully saturated rings. The lowest BCUT2D eigenvalue weighted by Crippen LogP contribution is -2.46. The van der Waals surface area contributed by atoms with Crippen molar-refractivity contribution in [1.29, 1.82) is 0 Å². The number of rotatable bonds is 6. The van der Waals surface area contributed by atoms with Gasteiger partial charge in [-0.25, -0.2) is 0 Å². The number of halogens is 1. The molecule has 0 aliphatic carbocycles. The number of nitrogens with two attached hydrogens (primary N) is 1. The van der Waals surface area contributed by atoms with E-state index in [1.807, 2.05) is 13.8 Å². The Labute approximate surface area is 146 Å². The first kappa shape index (κ1) is 19.9. The molecule has 0 aromatic heterocycles. The molecule has 0 bridgehead atoms. The fraction of sp³-hybridized carbons (Fsp3) is 0.438. The van der Waals surface area contributed by atoms with Crippen molar-refractivity contribution in [2.75, 3.05) is 26.0 Å². The molecule has 0 aliphatic heterocycles. The van der Waals surface area contributed by atoms with E-state index in [2.05, 4.69) is 10.6 Å². The van der Waals surface area contributed by atoms with E-state index < -0.39 is 11.9 Å². The summed E-state index contributed by atoms with van der Waals surface area (Å²) in [5.74, 6) is -1.05. The van der Waals surface area contributed by atoms with Crippen LogP contribution in [0.2, 0.25) is 5.02 Å². The molecule has 1 atom stereocenters. The summed E-state index contributed by atoms with van der Waals surface area (Å²) in [5.41, 5.74) is 6.47. The quantitative estimate of drug-likeness (QED) is 0.710. The summed E-state index contributed by atoms with van der Waals surface area (Å²) in [4.78, 5) is 36.9. The monoisotopic (exact) mass is 354 g/mol. The van der Waals surface area contributed by atoms with Crippen molar-refractivity contribution < 1.29 is 14.4 Å². The number of hydrogen-bond acceptors (Lipinski definition) is 4. The van der Waals surface area contributed by atoms with Gasteiger partial charge in [0.05, 0.1) is 23.2 Å². The van der Waals surface area contributed by atoms with Crippen molar-refractivity contribution in [3.8, 4) is 0 Å². The number of carbonyl (C=O) groups excluding carboxylic acids is 3. The molecule has 0 heterocycles. The maximum absolute atomic E-state index is 11.9. The van der Waals surface area contributed by atoms with E-state index in [1.165, 1.54) is 17.0 Å². The van der Waals surface area contributed by atoms with Gasteiger partial charge in [0.2, 0.25) is 11.8 Å². The van der Waals surface area contributed by atoms with Crippen LogP contribution >= 0.6 is 11.6 Å². The molecule has 0 unspecified atom stereocenters. The van der Waals surface area contributed by atoms with Crippen LogP contribution in [0.25, 0.3) is 0 Å². The number of amides is 3. The predicted molar refractivity (Wildman–Crippen MR) is 93.9 cm³/mol. The highest BCUT2D eigenvalue weighted by Crippen LogP contribution is 2.21. The molecule has 0 saturated carbocycles. The Morgan fingerprint density at radius 1 is 1.25 bits per heavy atom. The van der Waals surface area contributed by atoms with E-state index in [4.69, 9.17) is 17.3 Å². The summed E-state index contributed by atoms with van der Waals surface area (Å²) in [6.07, 6.45) is 0. The second kappa shape index (κ2) is 8.65. The van der Waals surface area contributed by atoms with Crippen LogP contribution in [-0.2, 0) is 9.59 Å². The van der Waals surface area contributed by atoms with Gasteiger partial charge in [-0.05, 0) is 24.1 Å². The van der Waals surface area contributed by atoms with Gasteiger partial charge in [-0.3, -0.25) is 14.4 Å². The molecule has 8 heteroatoms. The predicted octanol–water partition coefficient (Wildman–Crippen LogP) is 1.08. The Balaban J connectivity index is 2.64. The number of carbonyl (C=O) groups is 3. The number of nitrogens with one attached hydrogen (secondary N) is 2. The molecule has 3 amide bonds. The van der Waals surface area contributed by atoms with Crippen LogP contribution in [0.15, 0.2) is 18.2 Å². The van der Waals surface area contributed by atoms with Crippen LogP contribution in [-0.4, -0.2) is 49.3 Å². The highest BCUT2D eigenvalue weighted by molar-refractivity contribution is 6.34. The third-order valence-corrected chi connectivity index (χ3v) is 3.65. The Kier molecular flexibility index (Phi) is 7.18. The lowest BCUT2D eigenvalue weighted by molar-refractivity contribution is -0.125. The normalized spacial score (nSPS) is 11.8. The van der Waals surface area contributed by atoms with Crippen LogP contribution in [0.3, 0.4) is 0 Å². The van der Waals surface area contributed by atoms with Crippen LogP contribution in [0, 0.1) is 5.92 Å². The first-order valence-corrected chi connectivity index (χ1v) is 7.85. The van der Waals surface area contributed by atoms with Gasteiger partial charge in [0.25, 0.3) is 5.91 Å². The van der Waals surface area contributed by atoms with Crippen LogP contribution in [0.5, 0.6) is 0 Å². The fourth-order valence-electron chi connectivity index (χ4n) is 1.80. The van der Waals surface area contributed by atoms with Crippen LogP contribution in [0.4, 0.5) is 5.69 Å². The molecule has 0 aliphatic rings. The van der Waals surface area contributed by atoms with E-state index in [0.29, 0.717) is 11.3 Å². The molecule has 0 radical (unpaired) electrons. The summed E-state index contributed by atoms with van der Waals surface area (Å²) in [6, 6.07) is 3.93. The minimum absolute atomic E-state index is 0.0198. The van der Waals surface area contributed by atoms with Gasteiger partial charge in [-0.2, -0.15) is 0 Å². The van der Waals surface area contributed by atoms with Gasteiger partial charge in [0.15, 0.2) is 0 Å². The van der Waals surface area contributed by atoms with Crippen molar-refractivity contribution in [3.63, 3.8) is 0 Å². The third kappa shape index (κ3) is 5.50. The summed E-state index contributed by atoms with van der Waals surface area (Å²) in [7, 11) is 3.25. The van der Waals surface area contributed by atoms with Gasteiger partial charge in [-0.15, -0.1) is 0 Å². The summed E-state index contributed by atoms with van der Waals surface area (Å²) >= 11 is 6.07. The molecule has 1 aromatic rings. The highest BCUT2D eigenvalue weighted by atomic mass is 35.5. The largest absolute Gasteiger partial charge is 0.346 e. The van der Waals surface area contributed by atoms with Crippen molar-refractivity contribution in [2.45, 2.75) is 19.9 Å². The Morgan fingerprint density at radius 2 is 1.88 bits per heavy atom. The Hall–Kier alpha value is -2.12. The Bertz CT molecular complexity index is 632. The third-order valence-electron chi connectivity index (χ3n) is 3.33. The number of benzene rings is 1. The molecule has 0 spiro atoms. The topological polar surface area (TPSA) is 105 Å². The van der Waals surface area contributed by atoms with E-state index in [-0.39, 0.29) is 29.3 Å². The zero-order chi connectivity index (χ0) is 18.4. The smallest absolute Gasteiger partial charge is 0.254 e. The summed E-state index contributed by atoms with van der Waals surface area (Å²) in [6.45, 7) is 3.45. The fourth-order valence-corrected chi connectivity index (χ4v) is 2.06. The zero-order valence-corrected chi connectivity index (χ0v) is 15.0. The number of nitrogens with zero attached hydrogens (tertiary/aromatic N) is 1. The molecular formula is C16H23ClN4O3. The minimum Gasteiger partial charge on any atom is -0.346 e. The minimum atomic E-state index is -0.663. The molecular weight excluding hydrogens is 332 g/mol. The van der Waals surface area contributed by atoms with Crippen molar-refractivity contribution in [2.24, 2.45) is 11.7 Å². The standard InChI is InChI=1S/C16H23ClN4O3/c1-9(2)14(18)15(23)19-8-13(22)20-10-5-6-11(12(17)7-10)16(24)21(3)4/h5-7,9,14H,8,18H2,1-4H3,(H,19,23)(H,20,22)/t14-/m0/s1. The lowest BCUT2D eigenvalue weighted by Gasteiger charge is -2.15. The van der Waals surface area contributed by atoms with Gasteiger partial charge in [0, 0.05) is 19.8 Å². The second-order valence-corrected chi connectivity index (χ2v) is 6.34. The SMILES string of the molecule is CC(C)[C@H](N)C(=O)NCC(=O)Nc1ccc(C(=O)N(C)C)c(Cl)c1. The average molecular weight is 355 g/mol. The lowest BCUT2D eigenvalue weighted by atomic mass is 10.1. The average Bonchev–Trinajstić information content (AvgIpc) is 2.51. The zero-order valence-electron chi connectivity index (χ0n) is 14.2. The van der Waals surface area contributed by atoms with Crippen molar-refractivity contribution in [3.05, 3.63) is 28.8 Å². The summed E-state index contributed by atoms with van der Waals surface area (Å²) < 4.78 is 0. The van der Waals surface area contributed by atoms with Gasteiger partial charge < -0.3 is 21.3 Å². The van der Waals surface area contributed by atoms with E-state index in [9.17, 15) is 14.4 Å². The maximum Gasteiger partial charge on any atom is 0.254 e. The molecule has 7 nitrogen and oxygen atoms in total. The van der Waals surface area contributed by atoms with Crippen LogP contribution in [0.1, 0.15) is 24.2 Å². The number of hydrogen-bond donors (Lipinski definition) is 3. The highest BCUT2D eigenvalue weighted by Gasteiger charge is 2.18. The molecule has 4 N–H and O–H groups in total. The first-order chi connectivity index (χ1) is 11.1. The van der Waals surface area contributed by atoms with Gasteiger partial charge >= 0.3 is 0 Å². The van der Waals surface area contributed by atoms with Crippen LogP contribution < -0.4 is 16.4 Å². The Morgan fingerprint density at radius 3 is 2.38 bits per heavy atom. The molecule has 132 valence electrons. The molecule has 1 rings (SSSR count). The maximum atomic E-state index is 11.9. The van der Waals surface area contributed by atoms with Gasteiger partial charge in [0.1, 0.15) is 0 Å². The number of anilines is 1. The van der Waals surface area contributed by atoms with E-state index in [1.54, 1.807) is 20.2 Å². The van der Waals surface area contributed by atoms with Gasteiger partial charge in [-0.1, -0.05) is 25.4 Å².